The average Bonchev–Trinajstić information content (AvgIpc) is 2.78. The van der Waals surface area contributed by atoms with Gasteiger partial charge < -0.3 is 39.1 Å². The van der Waals surface area contributed by atoms with E-state index in [1.54, 1.807) is 0 Å². The molecule has 2 rings (SSSR count). The minimum absolute atomic E-state index is 0.700. The van der Waals surface area contributed by atoms with Crippen LogP contribution in [0.4, 0.5) is 0 Å². The van der Waals surface area contributed by atoms with Crippen molar-refractivity contribution < 1.29 is 61.4 Å². The summed E-state index contributed by atoms with van der Waals surface area (Å²) in [6.07, 6.45) is -5.74. The van der Waals surface area contributed by atoms with Crippen LogP contribution in [0.2, 0.25) is 0 Å². The second-order valence-corrected chi connectivity index (χ2v) is 9.76. The van der Waals surface area contributed by atoms with Gasteiger partial charge >= 0.3 is 13.5 Å². The maximum atomic E-state index is 11.7. The number of ether oxygens (including phenoxy) is 1. The van der Waals surface area contributed by atoms with Crippen molar-refractivity contribution in [3.05, 3.63) is 33.1 Å². The molecule has 1 fully saturated rings. The van der Waals surface area contributed by atoms with E-state index in [1.165, 1.54) is 0 Å². The van der Waals surface area contributed by atoms with Gasteiger partial charge in [0.2, 0.25) is 0 Å². The molecule has 0 radical (unpaired) electrons. The minimum atomic E-state index is -6.10. The SMILES string of the molecule is O=c1ccn([C@@H]2O[C@H](COP(=O)([OH2+])OP(=O)([O-])OP(=O)([O-])[O-])C(O)C2O)c(=O)[nH]1. The van der Waals surface area contributed by atoms with Crippen LogP contribution in [-0.2, 0) is 31.6 Å². The number of nitrogens with one attached hydrogen (secondary N) is 1. The molecule has 29 heavy (non-hydrogen) atoms. The molecule has 0 amide bonds. The van der Waals surface area contributed by atoms with Gasteiger partial charge in [0.05, 0.1) is 14.4 Å². The third kappa shape index (κ3) is 6.73. The molecule has 0 bridgehead atoms. The minimum Gasteiger partial charge on any atom is -0.790 e. The van der Waals surface area contributed by atoms with Crippen LogP contribution in [0.3, 0.4) is 0 Å². The molecule has 2 heterocycles. The van der Waals surface area contributed by atoms with Crippen LogP contribution in [0.5, 0.6) is 0 Å². The molecule has 6 atom stereocenters. The van der Waals surface area contributed by atoms with Gasteiger partial charge in [-0.25, -0.2) is 9.32 Å². The predicted octanol–water partition coefficient (Wildman–Crippen LogP) is -4.66. The topological polar surface area (TPSA) is 276 Å². The number of aromatic amines is 1. The lowest BCUT2D eigenvalue weighted by atomic mass is 10.1. The highest BCUT2D eigenvalue weighted by molar-refractivity contribution is 7.65. The van der Waals surface area contributed by atoms with Crippen molar-refractivity contribution in [3.8, 4) is 0 Å². The summed E-state index contributed by atoms with van der Waals surface area (Å²) in [7, 11) is -17.5. The first-order valence-corrected chi connectivity index (χ1v) is 11.7. The van der Waals surface area contributed by atoms with Gasteiger partial charge in [0.15, 0.2) is 6.23 Å². The maximum Gasteiger partial charge on any atom is 0.640 e. The molecule has 0 spiro atoms. The highest BCUT2D eigenvalue weighted by Crippen LogP contribution is 2.62. The lowest BCUT2D eigenvalue weighted by Crippen LogP contribution is -2.37. The average molecular weight is 482 g/mol. The monoisotopic (exact) mass is 482 g/mol. The molecule has 1 aromatic heterocycles. The number of rotatable bonds is 8. The van der Waals surface area contributed by atoms with Crippen molar-refractivity contribution in [1.29, 1.82) is 0 Å². The zero-order valence-electron chi connectivity index (χ0n) is 13.8. The zero-order chi connectivity index (χ0) is 22.2. The summed E-state index contributed by atoms with van der Waals surface area (Å²) in [5.41, 5.74) is -1.76. The molecular weight excluding hydrogens is 469 g/mol. The molecule has 0 aliphatic carbocycles. The van der Waals surface area contributed by atoms with Crippen LogP contribution in [0.1, 0.15) is 6.23 Å². The van der Waals surface area contributed by atoms with Crippen molar-refractivity contribution in [3.63, 3.8) is 0 Å². The lowest BCUT2D eigenvalue weighted by Gasteiger charge is -2.34. The molecule has 0 aromatic carbocycles. The number of hydrogen-bond donors (Lipinski definition) is 3. The molecule has 5 N–H and O–H groups in total. The van der Waals surface area contributed by atoms with Crippen LogP contribution in [0.15, 0.2) is 21.9 Å². The van der Waals surface area contributed by atoms with Crippen LogP contribution in [-0.4, -0.2) is 49.6 Å². The number of aromatic nitrogens is 2. The first kappa shape index (κ1) is 24.2. The van der Waals surface area contributed by atoms with E-state index in [2.05, 4.69) is 13.1 Å². The first-order chi connectivity index (χ1) is 13.1. The maximum absolute atomic E-state index is 11.7. The summed E-state index contributed by atoms with van der Waals surface area (Å²) in [6.45, 7) is -1.04. The van der Waals surface area contributed by atoms with E-state index in [4.69, 9.17) is 9.63 Å². The highest BCUT2D eigenvalue weighted by atomic mass is 31.3. The lowest BCUT2D eigenvalue weighted by molar-refractivity contribution is -0.339. The molecule has 20 heteroatoms. The summed E-state index contributed by atoms with van der Waals surface area (Å²) in [5.74, 6) is 0. The molecule has 4 unspecified atom stereocenters. The van der Waals surface area contributed by atoms with E-state index in [0.29, 0.717) is 4.57 Å². The van der Waals surface area contributed by atoms with E-state index >= 15 is 0 Å². The number of aliphatic hydroxyl groups excluding tert-OH is 2. The fourth-order valence-electron chi connectivity index (χ4n) is 2.19. The van der Waals surface area contributed by atoms with E-state index in [0.717, 1.165) is 12.3 Å². The fourth-order valence-corrected chi connectivity index (χ4v) is 5.14. The second kappa shape index (κ2) is 8.61. The second-order valence-electron chi connectivity index (χ2n) is 5.41. The summed E-state index contributed by atoms with van der Waals surface area (Å²) >= 11 is 0. The number of hydrogen-bond acceptors (Lipinski definition) is 14. The van der Waals surface area contributed by atoms with Crippen molar-refractivity contribution in [2.45, 2.75) is 24.5 Å². The third-order valence-corrected chi connectivity index (χ3v) is 7.03. The fraction of sp³-hybridized carbons (Fsp3) is 0.556. The third-order valence-electron chi connectivity index (χ3n) is 3.28. The van der Waals surface area contributed by atoms with Gasteiger partial charge in [0.1, 0.15) is 18.3 Å². The predicted molar refractivity (Wildman–Crippen MR) is 81.8 cm³/mol. The first-order valence-electron chi connectivity index (χ1n) is 7.19. The van der Waals surface area contributed by atoms with Gasteiger partial charge in [-0.1, -0.05) is 0 Å². The smallest absolute Gasteiger partial charge is 0.640 e. The Bertz CT molecular complexity index is 997. The molecular formula is C9H13N2O15P3-2. The van der Waals surface area contributed by atoms with Crippen LogP contribution >= 0.6 is 23.5 Å². The van der Waals surface area contributed by atoms with Crippen LogP contribution < -0.4 is 25.9 Å². The van der Waals surface area contributed by atoms with E-state index < -0.39 is 65.9 Å². The van der Waals surface area contributed by atoms with E-state index in [9.17, 15) is 48.2 Å². The molecule has 1 aromatic rings. The van der Waals surface area contributed by atoms with Crippen molar-refractivity contribution in [1.82, 2.24) is 9.55 Å². The number of nitrogens with zero attached hydrogens (tertiary/aromatic N) is 1. The Morgan fingerprint density at radius 2 is 1.79 bits per heavy atom. The normalized spacial score (nSPS) is 29.3. The Kier molecular flexibility index (Phi) is 7.20. The van der Waals surface area contributed by atoms with E-state index in [1.807, 2.05) is 4.98 Å². The number of aliphatic hydroxyl groups is 2. The Labute approximate surface area is 159 Å². The Morgan fingerprint density at radius 1 is 1.17 bits per heavy atom. The van der Waals surface area contributed by atoms with Crippen molar-refractivity contribution >= 4 is 23.5 Å². The molecule has 0 saturated carbocycles. The summed E-state index contributed by atoms with van der Waals surface area (Å²) < 4.78 is 49.9. The van der Waals surface area contributed by atoms with Gasteiger partial charge in [-0.05, 0) is 0 Å². The van der Waals surface area contributed by atoms with Gasteiger partial charge in [-0.2, -0.15) is 8.88 Å². The molecule has 17 nitrogen and oxygen atoms in total. The van der Waals surface area contributed by atoms with Crippen molar-refractivity contribution in [2.75, 3.05) is 6.61 Å². The molecule has 166 valence electrons. The Hall–Kier alpha value is -1.03. The summed E-state index contributed by atoms with van der Waals surface area (Å²) in [5, 5.41) is 19.9. The number of phosphoric acid groups is 2. The summed E-state index contributed by atoms with van der Waals surface area (Å²) in [6, 6.07) is 0.913. The Morgan fingerprint density at radius 3 is 2.34 bits per heavy atom. The van der Waals surface area contributed by atoms with Gasteiger partial charge in [0, 0.05) is 12.3 Å². The largest absolute Gasteiger partial charge is 0.790 e. The molecule has 1 aliphatic heterocycles. The Balaban J connectivity index is 2.06. The number of H-pyrrole nitrogens is 1. The standard InChI is InChI=1S/C9H15N2O15P3/c12-5-1-2-11(9(15)10-5)8-7(14)6(13)4(24-8)3-23-28(19,20)26-29(21,22)25-27(16,17)18/h1-2,4,6-8,13-14H,3H2,(H,19,20)(H,21,22)(H,10,12,15)(H2,16,17,18)/p-2/t4-,6?,7?,8-/m1/s1. The van der Waals surface area contributed by atoms with Gasteiger partial charge in [0.25, 0.3) is 13.4 Å². The van der Waals surface area contributed by atoms with Crippen LogP contribution in [0.25, 0.3) is 0 Å². The molecule has 1 aliphatic rings. The summed E-state index contributed by atoms with van der Waals surface area (Å²) in [4.78, 5) is 63.4. The highest BCUT2D eigenvalue weighted by Gasteiger charge is 2.46. The molecule has 1 saturated heterocycles. The quantitative estimate of drug-likeness (QED) is 0.232. The van der Waals surface area contributed by atoms with Crippen LogP contribution in [0, 0.1) is 0 Å². The van der Waals surface area contributed by atoms with Crippen molar-refractivity contribution in [2.24, 2.45) is 0 Å². The van der Waals surface area contributed by atoms with Gasteiger partial charge in [-0.15, -0.1) is 0 Å². The van der Waals surface area contributed by atoms with Gasteiger partial charge in [-0.3, -0.25) is 23.2 Å². The van der Waals surface area contributed by atoms with E-state index in [-0.39, 0.29) is 0 Å². The zero-order valence-corrected chi connectivity index (χ0v) is 16.4.